The Labute approximate surface area is 142 Å². The molecule has 2 atom stereocenters. The van der Waals surface area contributed by atoms with Crippen molar-refractivity contribution in [3.05, 3.63) is 53.3 Å². The number of hydrogen-bond acceptors (Lipinski definition) is 2. The molecule has 123 valence electrons. The first-order valence-electron chi connectivity index (χ1n) is 7.92. The van der Waals surface area contributed by atoms with Crippen molar-refractivity contribution in [3.8, 4) is 0 Å². The van der Waals surface area contributed by atoms with Gasteiger partial charge >= 0.3 is 142 Å². The summed E-state index contributed by atoms with van der Waals surface area (Å²) in [5, 5.41) is 0.706. The molecule has 0 spiro atoms. The van der Waals surface area contributed by atoms with Gasteiger partial charge in [-0.05, 0) is 0 Å². The summed E-state index contributed by atoms with van der Waals surface area (Å²) in [6, 6.07) is 0.313. The van der Waals surface area contributed by atoms with Gasteiger partial charge in [-0.1, -0.05) is 0 Å². The van der Waals surface area contributed by atoms with Crippen LogP contribution in [-0.4, -0.2) is 38.9 Å². The van der Waals surface area contributed by atoms with Gasteiger partial charge < -0.3 is 0 Å². The molecule has 1 rings (SSSR count). The van der Waals surface area contributed by atoms with Crippen LogP contribution in [0.2, 0.25) is 5.32 Å². The molecule has 1 unspecified atom stereocenters. The Balaban J connectivity index is 2.51. The monoisotopic (exact) mass is 368 g/mol. The van der Waals surface area contributed by atoms with Gasteiger partial charge in [0.15, 0.2) is 0 Å². The van der Waals surface area contributed by atoms with Gasteiger partial charge in [-0.3, -0.25) is 0 Å². The Bertz CT molecular complexity index is 421. The van der Waals surface area contributed by atoms with Gasteiger partial charge in [0.05, 0.1) is 0 Å². The van der Waals surface area contributed by atoms with Gasteiger partial charge in [0.1, 0.15) is 0 Å². The van der Waals surface area contributed by atoms with Gasteiger partial charge in [0, 0.05) is 0 Å². The molecule has 2 nitrogen and oxygen atoms in total. The van der Waals surface area contributed by atoms with Crippen LogP contribution in [0.5, 0.6) is 0 Å². The Morgan fingerprint density at radius 3 is 2.50 bits per heavy atom. The van der Waals surface area contributed by atoms with Crippen molar-refractivity contribution in [2.75, 3.05) is 14.1 Å². The Hall–Kier alpha value is -0.241. The van der Waals surface area contributed by atoms with E-state index >= 15 is 0 Å². The molecule has 0 aromatic carbocycles. The normalized spacial score (nSPS) is 20.4. The van der Waals surface area contributed by atoms with Crippen LogP contribution >= 0.6 is 0 Å². The van der Waals surface area contributed by atoms with Gasteiger partial charge in [0.2, 0.25) is 0 Å². The van der Waals surface area contributed by atoms with Crippen LogP contribution in [0.4, 0.5) is 0 Å². The average molecular weight is 367 g/mol. The summed E-state index contributed by atoms with van der Waals surface area (Å²) in [4.78, 5) is 3.24. The van der Waals surface area contributed by atoms with E-state index in [2.05, 4.69) is 65.3 Å². The summed E-state index contributed by atoms with van der Waals surface area (Å²) in [5.74, 6) is 1.22. The maximum atomic E-state index is 12.7. The van der Waals surface area contributed by atoms with Crippen molar-refractivity contribution < 1.29 is 3.83 Å². The van der Waals surface area contributed by atoms with Gasteiger partial charge in [-0.2, -0.15) is 0 Å². The first kappa shape index (κ1) is 19.8. The second-order valence-corrected chi connectivity index (χ2v) is 9.44. The number of allylic oxidation sites excluding steroid dienone is 4. The van der Waals surface area contributed by atoms with E-state index < -0.39 is 13.8 Å². The second kappa shape index (κ2) is 9.80. The van der Waals surface area contributed by atoms with E-state index in [1.807, 2.05) is 12.8 Å². The molecule has 5 radical (unpaired) electrons. The van der Waals surface area contributed by atoms with E-state index in [4.69, 9.17) is 0 Å². The van der Waals surface area contributed by atoms with Crippen molar-refractivity contribution in [1.82, 2.24) is 4.90 Å². The molecular weight excluding hydrogens is 337 g/mol. The molecule has 0 aliphatic heterocycles. The van der Waals surface area contributed by atoms with Crippen LogP contribution in [0.25, 0.3) is 0 Å². The van der Waals surface area contributed by atoms with E-state index in [-0.39, 0.29) is 0 Å². The zero-order valence-corrected chi connectivity index (χ0v) is 16.6. The molecule has 0 N–H and O–H groups in total. The minimum atomic E-state index is -1.98. The average Bonchev–Trinajstić information content (AvgIpc) is 2.92. The molecule has 1 saturated carbocycles. The first-order chi connectivity index (χ1) is 10.3. The summed E-state index contributed by atoms with van der Waals surface area (Å²) in [7, 11) is 4.13. The fourth-order valence-corrected chi connectivity index (χ4v) is 5.07. The molecule has 0 bridgehead atoms. The van der Waals surface area contributed by atoms with Crippen LogP contribution in [0, 0.1) is 30.0 Å². The summed E-state index contributed by atoms with van der Waals surface area (Å²) in [6.07, 6.45) is 12.8. The van der Waals surface area contributed by atoms with Gasteiger partial charge in [0.25, 0.3) is 0 Å². The first-order valence-corrected chi connectivity index (χ1v) is 10.7. The molecule has 0 saturated heterocycles. The molecular formula is C19H30NOSe. The molecule has 1 fully saturated rings. The summed E-state index contributed by atoms with van der Waals surface area (Å²) < 4.78 is 12.7. The molecule has 0 aromatic heterocycles. The maximum absolute atomic E-state index is 12.7. The molecule has 1 aliphatic carbocycles. The summed E-state index contributed by atoms with van der Waals surface area (Å²) in [5.41, 5.74) is 2.71. The summed E-state index contributed by atoms with van der Waals surface area (Å²) in [6.45, 7) is 8.56. The van der Waals surface area contributed by atoms with Crippen LogP contribution in [0.15, 0.2) is 23.3 Å². The Morgan fingerprint density at radius 1 is 1.23 bits per heavy atom. The predicted molar refractivity (Wildman–Crippen MR) is 96.2 cm³/mol. The second-order valence-electron chi connectivity index (χ2n) is 6.37. The van der Waals surface area contributed by atoms with Crippen molar-refractivity contribution in [3.63, 3.8) is 0 Å². The number of hydrogen-bond donors (Lipinski definition) is 0. The van der Waals surface area contributed by atoms with Gasteiger partial charge in [-0.15, -0.1) is 0 Å². The Kier molecular flexibility index (Phi) is 8.82. The van der Waals surface area contributed by atoms with Crippen LogP contribution < -0.4 is 0 Å². The third-order valence-electron chi connectivity index (χ3n) is 3.95. The quantitative estimate of drug-likeness (QED) is 0.469. The fraction of sp³-hybridized carbons (Fsp3) is 0.526. The zero-order chi connectivity index (χ0) is 16.7. The van der Waals surface area contributed by atoms with E-state index in [0.717, 1.165) is 17.7 Å². The third kappa shape index (κ3) is 6.48. The fourth-order valence-electron chi connectivity index (χ4n) is 2.25. The number of rotatable bonds is 8. The van der Waals surface area contributed by atoms with E-state index in [1.54, 1.807) is 0 Å². The number of nitrogens with zero attached hydrogens (tertiary/aromatic N) is 1. The van der Waals surface area contributed by atoms with Crippen molar-refractivity contribution in [2.45, 2.75) is 51.9 Å². The van der Waals surface area contributed by atoms with Crippen molar-refractivity contribution in [1.29, 1.82) is 0 Å². The molecule has 1 aliphatic rings. The third-order valence-corrected chi connectivity index (χ3v) is 6.75. The van der Waals surface area contributed by atoms with Crippen LogP contribution in [-0.2, 0) is 3.83 Å². The van der Waals surface area contributed by atoms with Crippen molar-refractivity contribution in [2.24, 2.45) is 0 Å². The molecule has 0 aromatic rings. The van der Waals surface area contributed by atoms with E-state index in [1.165, 1.54) is 17.1 Å². The standard InChI is InChI=1S/C19H30NOSe/c1-15(2)9-7-10-16(3)13-14-22(21)19-12-8-11-18(19)17(4)20(5)6/h8-9,11-13,17H,7,10,14H2,1-6H3/b16-13+/t17-,22?/m1/s1. The van der Waals surface area contributed by atoms with Gasteiger partial charge in [-0.25, -0.2) is 0 Å². The van der Waals surface area contributed by atoms with E-state index in [9.17, 15) is 3.83 Å². The minimum absolute atomic E-state index is 0.313. The zero-order valence-electron chi connectivity index (χ0n) is 14.8. The molecule has 0 heterocycles. The van der Waals surface area contributed by atoms with Crippen LogP contribution in [0.1, 0.15) is 40.5 Å². The van der Waals surface area contributed by atoms with Crippen LogP contribution in [0.3, 0.4) is 0 Å². The van der Waals surface area contributed by atoms with E-state index in [0.29, 0.717) is 11.4 Å². The van der Waals surface area contributed by atoms with Crippen molar-refractivity contribution >= 4 is 13.8 Å². The molecule has 3 heteroatoms. The summed E-state index contributed by atoms with van der Waals surface area (Å²) >= 11 is -1.98. The molecule has 22 heavy (non-hydrogen) atoms. The Morgan fingerprint density at radius 2 is 1.91 bits per heavy atom. The predicted octanol–water partition coefficient (Wildman–Crippen LogP) is 4.37. The SMILES string of the molecule is CC(C)=CCC/C(C)=C/C[Se](=O)[C]1[CH][CH][CH][C]1[C@@H](C)N(C)C. The topological polar surface area (TPSA) is 20.3 Å². The molecule has 0 amide bonds.